The summed E-state index contributed by atoms with van der Waals surface area (Å²) in [6.45, 7) is 2.13. The summed E-state index contributed by atoms with van der Waals surface area (Å²) in [5.41, 5.74) is 5.57. The maximum atomic E-state index is 12.1. The zero-order valence-electron chi connectivity index (χ0n) is 10.3. The van der Waals surface area contributed by atoms with Gasteiger partial charge in [0.25, 0.3) is 0 Å². The largest absolute Gasteiger partial charge is 0.495 e. The summed E-state index contributed by atoms with van der Waals surface area (Å²) in [4.78, 5) is 0.115. The van der Waals surface area contributed by atoms with Crippen LogP contribution < -0.4 is 15.2 Å². The first-order chi connectivity index (χ1) is 8.36. The maximum absolute atomic E-state index is 12.1. The van der Waals surface area contributed by atoms with Gasteiger partial charge < -0.3 is 10.5 Å². The Bertz CT molecular complexity index is 503. The van der Waals surface area contributed by atoms with Crippen LogP contribution >= 0.6 is 15.9 Å². The van der Waals surface area contributed by atoms with E-state index in [2.05, 4.69) is 20.7 Å². The lowest BCUT2D eigenvalue weighted by atomic mass is 10.3. The molecule has 1 rings (SSSR count). The van der Waals surface area contributed by atoms with E-state index in [1.54, 1.807) is 12.1 Å². The van der Waals surface area contributed by atoms with Gasteiger partial charge in [-0.15, -0.1) is 0 Å². The minimum absolute atomic E-state index is 0.0443. The molecule has 0 spiro atoms. The Balaban J connectivity index is 2.93. The Morgan fingerprint density at radius 3 is 2.72 bits per heavy atom. The van der Waals surface area contributed by atoms with E-state index in [-0.39, 0.29) is 10.9 Å². The van der Waals surface area contributed by atoms with Crippen molar-refractivity contribution in [2.45, 2.75) is 24.3 Å². The molecule has 0 amide bonds. The highest BCUT2D eigenvalue weighted by molar-refractivity contribution is 9.10. The van der Waals surface area contributed by atoms with E-state index in [1.165, 1.54) is 13.2 Å². The van der Waals surface area contributed by atoms with Gasteiger partial charge in [0, 0.05) is 17.1 Å². The van der Waals surface area contributed by atoms with Crippen molar-refractivity contribution in [2.75, 3.05) is 13.7 Å². The molecule has 1 atom stereocenters. The normalized spacial score (nSPS) is 13.3. The highest BCUT2D eigenvalue weighted by atomic mass is 79.9. The second-order valence-electron chi connectivity index (χ2n) is 3.96. The van der Waals surface area contributed by atoms with Crippen molar-refractivity contribution in [1.82, 2.24) is 4.72 Å². The summed E-state index contributed by atoms with van der Waals surface area (Å²) in [6, 6.07) is 4.79. The average molecular weight is 337 g/mol. The summed E-state index contributed by atoms with van der Waals surface area (Å²) >= 11 is 3.24. The van der Waals surface area contributed by atoms with Gasteiger partial charge in [-0.25, -0.2) is 13.1 Å². The topological polar surface area (TPSA) is 81.4 Å². The van der Waals surface area contributed by atoms with Crippen LogP contribution in [-0.4, -0.2) is 28.1 Å². The number of methoxy groups -OCH3 is 1. The number of halogens is 1. The summed E-state index contributed by atoms with van der Waals surface area (Å²) < 4.78 is 32.4. The van der Waals surface area contributed by atoms with Crippen LogP contribution in [0.15, 0.2) is 27.6 Å². The first-order valence-electron chi connectivity index (χ1n) is 5.45. The molecule has 1 unspecified atom stereocenters. The van der Waals surface area contributed by atoms with Gasteiger partial charge in [-0.3, -0.25) is 0 Å². The Morgan fingerprint density at radius 2 is 2.17 bits per heavy atom. The lowest BCUT2D eigenvalue weighted by Crippen LogP contribution is -2.29. The average Bonchev–Trinajstić information content (AvgIpc) is 2.28. The predicted octanol–water partition coefficient (Wildman–Crippen LogP) is 1.47. The van der Waals surface area contributed by atoms with E-state index >= 15 is 0 Å². The third-order valence-electron chi connectivity index (χ3n) is 2.31. The summed E-state index contributed by atoms with van der Waals surface area (Å²) in [5, 5.41) is 0. The molecule has 0 aliphatic rings. The first kappa shape index (κ1) is 15.4. The second kappa shape index (κ2) is 6.51. The van der Waals surface area contributed by atoms with E-state index in [0.29, 0.717) is 23.2 Å². The molecule has 0 radical (unpaired) electrons. The van der Waals surface area contributed by atoms with Crippen LogP contribution in [0.2, 0.25) is 0 Å². The zero-order valence-corrected chi connectivity index (χ0v) is 12.7. The Hall–Kier alpha value is -0.630. The van der Waals surface area contributed by atoms with Crippen LogP contribution in [0.3, 0.4) is 0 Å². The van der Waals surface area contributed by atoms with Crippen molar-refractivity contribution in [2.24, 2.45) is 5.73 Å². The minimum atomic E-state index is -3.58. The zero-order chi connectivity index (χ0) is 13.8. The number of nitrogens with two attached hydrogens (primary N) is 1. The number of ether oxygens (including phenoxy) is 1. The summed E-state index contributed by atoms with van der Waals surface area (Å²) in [5.74, 6) is 0.312. The molecule has 0 heterocycles. The van der Waals surface area contributed by atoms with Crippen molar-refractivity contribution >= 4 is 26.0 Å². The highest BCUT2D eigenvalue weighted by Crippen LogP contribution is 2.26. The van der Waals surface area contributed by atoms with Gasteiger partial charge >= 0.3 is 0 Å². The van der Waals surface area contributed by atoms with Crippen molar-refractivity contribution in [3.8, 4) is 5.75 Å². The molecule has 0 aromatic heterocycles. The van der Waals surface area contributed by atoms with Crippen molar-refractivity contribution in [3.63, 3.8) is 0 Å². The van der Waals surface area contributed by atoms with Gasteiger partial charge in [-0.1, -0.05) is 15.9 Å². The molecule has 3 N–H and O–H groups in total. The van der Waals surface area contributed by atoms with Gasteiger partial charge in [0.05, 0.1) is 7.11 Å². The van der Waals surface area contributed by atoms with Crippen molar-refractivity contribution < 1.29 is 13.2 Å². The summed E-state index contributed by atoms with van der Waals surface area (Å²) in [7, 11) is -2.15. The van der Waals surface area contributed by atoms with Crippen LogP contribution in [0, 0.1) is 0 Å². The highest BCUT2D eigenvalue weighted by Gasteiger charge is 2.19. The Kier molecular flexibility index (Phi) is 5.58. The van der Waals surface area contributed by atoms with E-state index in [1.807, 2.05) is 6.92 Å². The molecule has 0 aliphatic heterocycles. The molecule has 0 saturated heterocycles. The third kappa shape index (κ3) is 4.24. The molecule has 7 heteroatoms. The number of benzene rings is 1. The third-order valence-corrected chi connectivity index (χ3v) is 4.28. The Labute approximate surface area is 116 Å². The van der Waals surface area contributed by atoms with Crippen LogP contribution in [0.4, 0.5) is 0 Å². The molecular formula is C11H17BrN2O3S. The SMILES string of the molecule is COc1ccc(Br)cc1S(=O)(=O)NCCC(C)N. The van der Waals surface area contributed by atoms with Crippen molar-refractivity contribution in [1.29, 1.82) is 0 Å². The van der Waals surface area contributed by atoms with E-state index in [4.69, 9.17) is 10.5 Å². The standard InChI is InChI=1S/C11H17BrN2O3S/c1-8(13)5-6-14-18(15,16)11-7-9(12)3-4-10(11)17-2/h3-4,7-8,14H,5-6,13H2,1-2H3. The van der Waals surface area contributed by atoms with Crippen LogP contribution in [0.25, 0.3) is 0 Å². The van der Waals surface area contributed by atoms with Crippen molar-refractivity contribution in [3.05, 3.63) is 22.7 Å². The second-order valence-corrected chi connectivity index (χ2v) is 6.61. The fourth-order valence-corrected chi connectivity index (χ4v) is 3.11. The number of hydrogen-bond donors (Lipinski definition) is 2. The maximum Gasteiger partial charge on any atom is 0.244 e. The monoisotopic (exact) mass is 336 g/mol. The number of rotatable bonds is 6. The van der Waals surface area contributed by atoms with Crippen LogP contribution in [0.5, 0.6) is 5.75 Å². The molecule has 0 fully saturated rings. The first-order valence-corrected chi connectivity index (χ1v) is 7.73. The van der Waals surface area contributed by atoms with E-state index < -0.39 is 10.0 Å². The molecule has 0 aliphatic carbocycles. The fourth-order valence-electron chi connectivity index (χ4n) is 1.36. The molecular weight excluding hydrogens is 320 g/mol. The lowest BCUT2D eigenvalue weighted by molar-refractivity contribution is 0.402. The van der Waals surface area contributed by atoms with Gasteiger partial charge in [0.15, 0.2) is 0 Å². The Morgan fingerprint density at radius 1 is 1.50 bits per heavy atom. The van der Waals surface area contributed by atoms with Gasteiger partial charge in [0.2, 0.25) is 10.0 Å². The van der Waals surface area contributed by atoms with Gasteiger partial charge in [-0.2, -0.15) is 0 Å². The van der Waals surface area contributed by atoms with Crippen LogP contribution in [-0.2, 0) is 10.0 Å². The van der Waals surface area contributed by atoms with Gasteiger partial charge in [0.1, 0.15) is 10.6 Å². The molecule has 0 saturated carbocycles. The lowest BCUT2D eigenvalue weighted by Gasteiger charge is -2.11. The quantitative estimate of drug-likeness (QED) is 0.824. The van der Waals surface area contributed by atoms with Crippen LogP contribution in [0.1, 0.15) is 13.3 Å². The molecule has 1 aromatic carbocycles. The summed E-state index contributed by atoms with van der Waals surface area (Å²) in [6.07, 6.45) is 0.579. The number of hydrogen-bond acceptors (Lipinski definition) is 4. The predicted molar refractivity (Wildman–Crippen MR) is 74.1 cm³/mol. The van der Waals surface area contributed by atoms with E-state index in [9.17, 15) is 8.42 Å². The fraction of sp³-hybridized carbons (Fsp3) is 0.455. The number of sulfonamides is 1. The molecule has 1 aromatic rings. The minimum Gasteiger partial charge on any atom is -0.495 e. The molecule has 18 heavy (non-hydrogen) atoms. The smallest absolute Gasteiger partial charge is 0.244 e. The van der Waals surface area contributed by atoms with E-state index in [0.717, 1.165) is 0 Å². The molecule has 0 bridgehead atoms. The molecule has 102 valence electrons. The number of nitrogens with one attached hydrogen (secondary N) is 1. The molecule has 5 nitrogen and oxygen atoms in total. The van der Waals surface area contributed by atoms with Gasteiger partial charge in [-0.05, 0) is 31.5 Å².